The van der Waals surface area contributed by atoms with Gasteiger partial charge >= 0.3 is 0 Å². The Morgan fingerprint density at radius 2 is 2.29 bits per heavy atom. The minimum atomic E-state index is 0.578. The summed E-state index contributed by atoms with van der Waals surface area (Å²) in [7, 11) is 0. The van der Waals surface area contributed by atoms with Crippen LogP contribution in [0.15, 0.2) is 18.2 Å². The average molecular weight is 287 g/mol. The molecule has 1 aromatic carbocycles. The predicted octanol–water partition coefficient (Wildman–Crippen LogP) is 4.32. The summed E-state index contributed by atoms with van der Waals surface area (Å²) < 4.78 is 1.64. The molecule has 0 amide bonds. The first kappa shape index (κ1) is 9.97. The van der Waals surface area contributed by atoms with Crippen molar-refractivity contribution in [1.82, 2.24) is 0 Å². The monoisotopic (exact) mass is 285 g/mol. The Hall–Kier alpha value is -0.560. The highest BCUT2D eigenvalue weighted by molar-refractivity contribution is 9.08. The lowest BCUT2D eigenvalue weighted by molar-refractivity contribution is 1.46. The van der Waals surface area contributed by atoms with Gasteiger partial charge in [0.15, 0.2) is 0 Å². The van der Waals surface area contributed by atoms with Crippen molar-refractivity contribution >= 4 is 49.0 Å². The van der Waals surface area contributed by atoms with Crippen molar-refractivity contribution in [2.45, 2.75) is 5.33 Å². The van der Waals surface area contributed by atoms with E-state index in [9.17, 15) is 0 Å². The number of rotatable bonds is 1. The van der Waals surface area contributed by atoms with Gasteiger partial charge in [0.25, 0.3) is 0 Å². The Morgan fingerprint density at radius 3 is 2.93 bits per heavy atom. The summed E-state index contributed by atoms with van der Waals surface area (Å²) in [5, 5.41) is 10.7. The van der Waals surface area contributed by atoms with Crippen LogP contribution >= 0.6 is 38.9 Å². The van der Waals surface area contributed by atoms with Crippen molar-refractivity contribution < 1.29 is 0 Å². The summed E-state index contributed by atoms with van der Waals surface area (Å²) in [6, 6.07) is 8.17. The highest BCUT2D eigenvalue weighted by atomic mass is 79.9. The molecule has 1 heterocycles. The number of thiophene rings is 1. The first-order chi connectivity index (χ1) is 6.76. The van der Waals surface area contributed by atoms with Crippen LogP contribution in [-0.4, -0.2) is 0 Å². The van der Waals surface area contributed by atoms with Gasteiger partial charge in [-0.2, -0.15) is 5.26 Å². The minimum absolute atomic E-state index is 0.578. The van der Waals surface area contributed by atoms with E-state index in [2.05, 4.69) is 22.0 Å². The number of halogens is 2. The molecule has 1 nitrogen and oxygen atoms in total. The van der Waals surface area contributed by atoms with Crippen molar-refractivity contribution in [2.75, 3.05) is 0 Å². The first-order valence-corrected chi connectivity index (χ1v) is 6.25. The van der Waals surface area contributed by atoms with Crippen LogP contribution in [0.5, 0.6) is 0 Å². The molecule has 0 aliphatic rings. The topological polar surface area (TPSA) is 23.8 Å². The largest absolute Gasteiger partial charge is 0.192 e. The van der Waals surface area contributed by atoms with Crippen LogP contribution in [0.2, 0.25) is 4.34 Å². The van der Waals surface area contributed by atoms with E-state index < -0.39 is 0 Å². The van der Waals surface area contributed by atoms with Gasteiger partial charge in [0.1, 0.15) is 10.4 Å². The molecule has 0 aliphatic heterocycles. The van der Waals surface area contributed by atoms with E-state index >= 15 is 0 Å². The molecule has 0 radical (unpaired) electrons. The zero-order chi connectivity index (χ0) is 10.1. The van der Waals surface area contributed by atoms with E-state index in [1.165, 1.54) is 11.3 Å². The van der Waals surface area contributed by atoms with E-state index in [4.69, 9.17) is 16.9 Å². The van der Waals surface area contributed by atoms with Crippen molar-refractivity contribution in [3.8, 4) is 6.07 Å². The van der Waals surface area contributed by atoms with Crippen molar-refractivity contribution in [3.05, 3.63) is 33.7 Å². The maximum atomic E-state index is 8.93. The van der Waals surface area contributed by atoms with E-state index in [1.807, 2.05) is 18.2 Å². The number of benzene rings is 1. The molecule has 14 heavy (non-hydrogen) atoms. The Balaban J connectivity index is 2.79. The minimum Gasteiger partial charge on any atom is -0.192 e. The first-order valence-electron chi connectivity index (χ1n) is 3.93. The second kappa shape index (κ2) is 3.90. The van der Waals surface area contributed by atoms with Crippen molar-refractivity contribution in [1.29, 1.82) is 5.26 Å². The molecule has 0 saturated carbocycles. The van der Waals surface area contributed by atoms with E-state index in [0.717, 1.165) is 21.0 Å². The molecular weight excluding hydrogens is 282 g/mol. The number of hydrogen-bond donors (Lipinski definition) is 0. The molecule has 0 unspecified atom stereocenters. The van der Waals surface area contributed by atoms with Gasteiger partial charge in [0, 0.05) is 15.4 Å². The van der Waals surface area contributed by atoms with E-state index in [0.29, 0.717) is 9.90 Å². The second-order valence-electron chi connectivity index (χ2n) is 2.83. The van der Waals surface area contributed by atoms with Gasteiger partial charge in [-0.25, -0.2) is 0 Å². The molecule has 1 aromatic heterocycles. The highest BCUT2D eigenvalue weighted by Crippen LogP contribution is 2.35. The zero-order valence-electron chi connectivity index (χ0n) is 7.05. The maximum Gasteiger partial charge on any atom is 0.112 e. The van der Waals surface area contributed by atoms with Crippen LogP contribution in [0.25, 0.3) is 10.1 Å². The quantitative estimate of drug-likeness (QED) is 0.716. The summed E-state index contributed by atoms with van der Waals surface area (Å²) >= 11 is 10.8. The van der Waals surface area contributed by atoms with Gasteiger partial charge in [0.2, 0.25) is 0 Å². The van der Waals surface area contributed by atoms with Gasteiger partial charge in [-0.15, -0.1) is 11.3 Å². The zero-order valence-corrected chi connectivity index (χ0v) is 10.2. The van der Waals surface area contributed by atoms with Crippen LogP contribution in [0.1, 0.15) is 11.1 Å². The number of nitriles is 1. The molecule has 2 rings (SSSR count). The molecule has 0 N–H and O–H groups in total. The van der Waals surface area contributed by atoms with Gasteiger partial charge in [-0.3, -0.25) is 0 Å². The summed E-state index contributed by atoms with van der Waals surface area (Å²) in [6.07, 6.45) is 0. The van der Waals surface area contributed by atoms with Crippen LogP contribution < -0.4 is 0 Å². The average Bonchev–Trinajstić information content (AvgIpc) is 2.52. The normalized spacial score (nSPS) is 10.4. The standard InChI is InChI=1S/C10H5BrClNS/c11-4-6-1-2-9-7(3-6)8(5-13)10(12)14-9/h1-3H,4H2. The van der Waals surface area contributed by atoms with E-state index in [-0.39, 0.29) is 0 Å². The Kier molecular flexibility index (Phi) is 2.78. The second-order valence-corrected chi connectivity index (χ2v) is 5.04. The molecule has 0 bridgehead atoms. The molecule has 70 valence electrons. The smallest absolute Gasteiger partial charge is 0.112 e. The molecule has 4 heteroatoms. The molecule has 0 atom stereocenters. The molecule has 0 fully saturated rings. The highest BCUT2D eigenvalue weighted by Gasteiger charge is 2.09. The summed E-state index contributed by atoms with van der Waals surface area (Å²) in [5.41, 5.74) is 1.75. The number of nitrogens with zero attached hydrogens (tertiary/aromatic N) is 1. The van der Waals surface area contributed by atoms with Gasteiger partial charge in [-0.05, 0) is 17.7 Å². The van der Waals surface area contributed by atoms with Crippen molar-refractivity contribution in [2.24, 2.45) is 0 Å². The van der Waals surface area contributed by atoms with Gasteiger partial charge < -0.3 is 0 Å². The fraction of sp³-hybridized carbons (Fsp3) is 0.100. The molecule has 0 spiro atoms. The Labute approximate surface area is 99.0 Å². The Bertz CT molecular complexity index is 527. The lowest BCUT2D eigenvalue weighted by Crippen LogP contribution is -1.77. The lowest BCUT2D eigenvalue weighted by atomic mass is 10.1. The molecule has 2 aromatic rings. The number of alkyl halides is 1. The predicted molar refractivity (Wildman–Crippen MR) is 64.2 cm³/mol. The van der Waals surface area contributed by atoms with Crippen molar-refractivity contribution in [3.63, 3.8) is 0 Å². The Morgan fingerprint density at radius 1 is 1.50 bits per heavy atom. The summed E-state index contributed by atoms with van der Waals surface area (Å²) in [4.78, 5) is 0. The maximum absolute atomic E-state index is 8.93. The molecular formula is C10H5BrClNS. The summed E-state index contributed by atoms with van der Waals surface area (Å²) in [6.45, 7) is 0. The number of fused-ring (bicyclic) bond motifs is 1. The van der Waals surface area contributed by atoms with Gasteiger partial charge in [-0.1, -0.05) is 33.6 Å². The summed E-state index contributed by atoms with van der Waals surface area (Å²) in [5.74, 6) is 0. The fourth-order valence-corrected chi connectivity index (χ4v) is 2.90. The fourth-order valence-electron chi connectivity index (χ4n) is 1.30. The van der Waals surface area contributed by atoms with Crippen LogP contribution in [0, 0.1) is 11.3 Å². The van der Waals surface area contributed by atoms with Crippen LogP contribution in [0.4, 0.5) is 0 Å². The van der Waals surface area contributed by atoms with Crippen LogP contribution in [0.3, 0.4) is 0 Å². The SMILES string of the molecule is N#Cc1c(Cl)sc2ccc(CBr)cc12. The third kappa shape index (κ3) is 1.54. The third-order valence-electron chi connectivity index (χ3n) is 1.98. The number of hydrogen-bond acceptors (Lipinski definition) is 2. The molecule has 0 saturated heterocycles. The lowest BCUT2D eigenvalue weighted by Gasteiger charge is -1.94. The third-order valence-corrected chi connectivity index (χ3v) is 4.00. The van der Waals surface area contributed by atoms with E-state index in [1.54, 1.807) is 0 Å². The molecule has 0 aliphatic carbocycles. The van der Waals surface area contributed by atoms with Crippen LogP contribution in [-0.2, 0) is 5.33 Å². The van der Waals surface area contributed by atoms with Gasteiger partial charge in [0.05, 0.1) is 5.56 Å².